The van der Waals surface area contributed by atoms with E-state index in [4.69, 9.17) is 34.8 Å². The summed E-state index contributed by atoms with van der Waals surface area (Å²) >= 11 is 17.8. The summed E-state index contributed by atoms with van der Waals surface area (Å²) in [5.74, 6) is 1.52. The maximum Gasteiger partial charge on any atom is 0.135 e. The molecule has 0 fully saturated rings. The molecule has 1 aromatic carbocycles. The molecule has 3 nitrogen and oxygen atoms in total. The van der Waals surface area contributed by atoms with Crippen LogP contribution in [-0.4, -0.2) is 9.97 Å². The minimum absolute atomic E-state index is 0.202. The number of benzene rings is 1. The lowest BCUT2D eigenvalue weighted by molar-refractivity contribution is 0.776. The average Bonchev–Trinajstić information content (AvgIpc) is 2.33. The molecule has 0 bridgehead atoms. The predicted molar refractivity (Wildman–Crippen MR) is 80.9 cm³/mol. The molecule has 0 spiro atoms. The molecule has 100 valence electrons. The first kappa shape index (κ1) is 14.4. The summed E-state index contributed by atoms with van der Waals surface area (Å²) < 4.78 is 0. The van der Waals surface area contributed by atoms with E-state index in [1.165, 1.54) is 0 Å². The summed E-state index contributed by atoms with van der Waals surface area (Å²) in [4.78, 5) is 8.57. The van der Waals surface area contributed by atoms with Gasteiger partial charge in [-0.05, 0) is 18.2 Å². The fourth-order valence-electron chi connectivity index (χ4n) is 1.48. The van der Waals surface area contributed by atoms with Crippen LogP contribution in [0.15, 0.2) is 24.3 Å². The molecule has 1 heterocycles. The largest absolute Gasteiger partial charge is 0.340 e. The van der Waals surface area contributed by atoms with Crippen LogP contribution in [-0.2, 0) is 0 Å². The fourth-order valence-corrected chi connectivity index (χ4v) is 1.97. The Kier molecular flexibility index (Phi) is 4.50. The first-order valence-electron chi connectivity index (χ1n) is 5.72. The van der Waals surface area contributed by atoms with Crippen molar-refractivity contribution in [1.82, 2.24) is 9.97 Å². The Morgan fingerprint density at radius 2 is 1.74 bits per heavy atom. The Hall–Kier alpha value is -1.03. The van der Waals surface area contributed by atoms with E-state index in [0.29, 0.717) is 26.8 Å². The molecule has 0 saturated carbocycles. The van der Waals surface area contributed by atoms with Gasteiger partial charge in [-0.1, -0.05) is 48.7 Å². The molecule has 2 aromatic rings. The number of anilines is 2. The molecule has 6 heteroatoms. The van der Waals surface area contributed by atoms with E-state index >= 15 is 0 Å². The SMILES string of the molecule is CC(C)c1nc(Cl)cc(Nc2ccc(Cl)c(Cl)c2)n1. The number of halogens is 3. The zero-order valence-electron chi connectivity index (χ0n) is 10.4. The normalized spacial score (nSPS) is 10.8. The Bertz CT molecular complexity index is 600. The molecule has 0 amide bonds. The van der Waals surface area contributed by atoms with Gasteiger partial charge in [0.25, 0.3) is 0 Å². The summed E-state index contributed by atoms with van der Waals surface area (Å²) in [6.07, 6.45) is 0. The molecule has 0 aliphatic rings. The van der Waals surface area contributed by atoms with Gasteiger partial charge < -0.3 is 5.32 Å². The minimum Gasteiger partial charge on any atom is -0.340 e. The van der Waals surface area contributed by atoms with Crippen LogP contribution < -0.4 is 5.32 Å². The second-order valence-electron chi connectivity index (χ2n) is 4.34. The second-order valence-corrected chi connectivity index (χ2v) is 5.54. The molecular weight excluding hydrogens is 305 g/mol. The van der Waals surface area contributed by atoms with Gasteiger partial charge in [0.05, 0.1) is 10.0 Å². The lowest BCUT2D eigenvalue weighted by atomic mass is 10.2. The van der Waals surface area contributed by atoms with Crippen LogP contribution in [0.3, 0.4) is 0 Å². The molecule has 0 atom stereocenters. The van der Waals surface area contributed by atoms with Crippen molar-refractivity contribution >= 4 is 46.3 Å². The molecule has 0 aliphatic heterocycles. The number of nitrogens with zero attached hydrogens (tertiary/aromatic N) is 2. The number of hydrogen-bond donors (Lipinski definition) is 1. The van der Waals surface area contributed by atoms with Crippen molar-refractivity contribution < 1.29 is 0 Å². The van der Waals surface area contributed by atoms with Crippen LogP contribution in [0.25, 0.3) is 0 Å². The predicted octanol–water partition coefficient (Wildman–Crippen LogP) is 5.30. The first-order chi connectivity index (χ1) is 8.95. The van der Waals surface area contributed by atoms with Gasteiger partial charge in [0, 0.05) is 17.7 Å². The van der Waals surface area contributed by atoms with Crippen molar-refractivity contribution in [3.05, 3.63) is 45.3 Å². The summed E-state index contributed by atoms with van der Waals surface area (Å²) in [5, 5.41) is 4.53. The van der Waals surface area contributed by atoms with Crippen LogP contribution in [0.1, 0.15) is 25.6 Å². The topological polar surface area (TPSA) is 37.8 Å². The lowest BCUT2D eigenvalue weighted by Crippen LogP contribution is -2.02. The van der Waals surface area contributed by atoms with Crippen molar-refractivity contribution in [3.63, 3.8) is 0 Å². The summed E-state index contributed by atoms with van der Waals surface area (Å²) in [5.41, 5.74) is 0.791. The molecule has 0 saturated heterocycles. The van der Waals surface area contributed by atoms with E-state index in [0.717, 1.165) is 5.69 Å². The van der Waals surface area contributed by atoms with Crippen molar-refractivity contribution in [3.8, 4) is 0 Å². The number of hydrogen-bond acceptors (Lipinski definition) is 3. The van der Waals surface area contributed by atoms with Crippen molar-refractivity contribution in [1.29, 1.82) is 0 Å². The third-order valence-electron chi connectivity index (χ3n) is 2.42. The third-order valence-corrected chi connectivity index (χ3v) is 3.35. The number of aromatic nitrogens is 2. The van der Waals surface area contributed by atoms with E-state index in [1.54, 1.807) is 18.2 Å². The van der Waals surface area contributed by atoms with Gasteiger partial charge >= 0.3 is 0 Å². The van der Waals surface area contributed by atoms with Gasteiger partial charge in [0.15, 0.2) is 0 Å². The Balaban J connectivity index is 2.29. The van der Waals surface area contributed by atoms with Crippen molar-refractivity contribution in [2.45, 2.75) is 19.8 Å². The zero-order chi connectivity index (χ0) is 14.0. The molecule has 1 aromatic heterocycles. The van der Waals surface area contributed by atoms with E-state index in [-0.39, 0.29) is 5.92 Å². The second kappa shape index (κ2) is 5.95. The van der Waals surface area contributed by atoms with E-state index < -0.39 is 0 Å². The lowest BCUT2D eigenvalue weighted by Gasteiger charge is -2.10. The Morgan fingerprint density at radius 3 is 2.37 bits per heavy atom. The van der Waals surface area contributed by atoms with E-state index in [1.807, 2.05) is 19.9 Å². The highest BCUT2D eigenvalue weighted by molar-refractivity contribution is 6.42. The van der Waals surface area contributed by atoms with Gasteiger partial charge in [-0.15, -0.1) is 0 Å². The summed E-state index contributed by atoms with van der Waals surface area (Å²) in [7, 11) is 0. The van der Waals surface area contributed by atoms with Gasteiger partial charge in [-0.3, -0.25) is 0 Å². The molecule has 0 aliphatic carbocycles. The highest BCUT2D eigenvalue weighted by Gasteiger charge is 2.08. The van der Waals surface area contributed by atoms with E-state index in [9.17, 15) is 0 Å². The highest BCUT2D eigenvalue weighted by atomic mass is 35.5. The van der Waals surface area contributed by atoms with Crippen molar-refractivity contribution in [2.75, 3.05) is 5.32 Å². The summed E-state index contributed by atoms with van der Waals surface area (Å²) in [6.45, 7) is 4.02. The third kappa shape index (κ3) is 3.72. The molecule has 1 N–H and O–H groups in total. The van der Waals surface area contributed by atoms with Crippen LogP contribution in [0.4, 0.5) is 11.5 Å². The molecule has 19 heavy (non-hydrogen) atoms. The smallest absolute Gasteiger partial charge is 0.135 e. The fraction of sp³-hybridized carbons (Fsp3) is 0.231. The van der Waals surface area contributed by atoms with Gasteiger partial charge in [-0.2, -0.15) is 0 Å². The zero-order valence-corrected chi connectivity index (χ0v) is 12.7. The summed E-state index contributed by atoms with van der Waals surface area (Å²) in [6, 6.07) is 6.93. The molecule has 2 rings (SSSR count). The van der Waals surface area contributed by atoms with Crippen LogP contribution in [0, 0.1) is 0 Å². The standard InChI is InChI=1S/C13H12Cl3N3/c1-7(2)13-18-11(16)6-12(19-13)17-8-3-4-9(14)10(15)5-8/h3-7H,1-2H3,(H,17,18,19). The molecule has 0 unspecified atom stereocenters. The average molecular weight is 317 g/mol. The molecule has 0 radical (unpaired) electrons. The highest BCUT2D eigenvalue weighted by Crippen LogP contribution is 2.27. The van der Waals surface area contributed by atoms with Crippen LogP contribution in [0.5, 0.6) is 0 Å². The number of rotatable bonds is 3. The Labute approximate surface area is 126 Å². The van der Waals surface area contributed by atoms with Crippen LogP contribution in [0.2, 0.25) is 15.2 Å². The maximum absolute atomic E-state index is 5.98. The van der Waals surface area contributed by atoms with Gasteiger partial charge in [0.1, 0.15) is 16.8 Å². The quantitative estimate of drug-likeness (QED) is 0.780. The minimum atomic E-state index is 0.202. The maximum atomic E-state index is 5.98. The van der Waals surface area contributed by atoms with Crippen LogP contribution >= 0.6 is 34.8 Å². The van der Waals surface area contributed by atoms with Gasteiger partial charge in [-0.25, -0.2) is 9.97 Å². The first-order valence-corrected chi connectivity index (χ1v) is 6.85. The van der Waals surface area contributed by atoms with Crippen molar-refractivity contribution in [2.24, 2.45) is 0 Å². The van der Waals surface area contributed by atoms with E-state index in [2.05, 4.69) is 15.3 Å². The monoisotopic (exact) mass is 315 g/mol. The Morgan fingerprint density at radius 1 is 1.00 bits per heavy atom. The van der Waals surface area contributed by atoms with Gasteiger partial charge in [0.2, 0.25) is 0 Å². The number of nitrogens with one attached hydrogen (secondary N) is 1. The molecular formula is C13H12Cl3N3.